The summed E-state index contributed by atoms with van der Waals surface area (Å²) >= 11 is 0. The molecule has 0 saturated carbocycles. The third-order valence-electron chi connectivity index (χ3n) is 1.60. The maximum atomic E-state index is 5.65. The van der Waals surface area contributed by atoms with E-state index in [0.29, 0.717) is 5.69 Å². The van der Waals surface area contributed by atoms with Gasteiger partial charge < -0.3 is 5.73 Å². The van der Waals surface area contributed by atoms with E-state index in [0.717, 1.165) is 11.3 Å². The first-order valence-electron chi connectivity index (χ1n) is 3.57. The van der Waals surface area contributed by atoms with Gasteiger partial charge in [-0.05, 0) is 12.1 Å². The predicted molar refractivity (Wildman–Crippen MR) is 60.7 cm³/mol. The lowest BCUT2D eigenvalue weighted by atomic mass is 10.2. The normalized spacial score (nSPS) is 8.57. The van der Waals surface area contributed by atoms with E-state index in [9.17, 15) is 0 Å². The Bertz CT molecular complexity index is 374. The Balaban J connectivity index is 0.000000845. The van der Waals surface area contributed by atoms with Crippen LogP contribution < -0.4 is 5.73 Å². The maximum absolute atomic E-state index is 5.65. The van der Waals surface area contributed by atoms with Crippen molar-refractivity contribution in [1.82, 2.24) is 15.2 Å². The van der Waals surface area contributed by atoms with Gasteiger partial charge in [-0.25, -0.2) is 0 Å². The third kappa shape index (κ3) is 2.37. The molecule has 0 spiro atoms. The van der Waals surface area contributed by atoms with Crippen LogP contribution >= 0.6 is 24.8 Å². The largest absolute Gasteiger partial charge is 0.396 e. The molecule has 0 unspecified atom stereocenters. The zero-order chi connectivity index (χ0) is 8.39. The number of nitrogens with two attached hydrogens (primary N) is 1. The summed E-state index contributed by atoms with van der Waals surface area (Å²) in [5, 5.41) is 6.69. The van der Waals surface area contributed by atoms with Gasteiger partial charge in [0.1, 0.15) is 5.69 Å². The number of pyridine rings is 1. The summed E-state index contributed by atoms with van der Waals surface area (Å²) in [6.45, 7) is 0. The second kappa shape index (κ2) is 5.47. The van der Waals surface area contributed by atoms with Crippen LogP contribution in [0.1, 0.15) is 0 Å². The quantitative estimate of drug-likeness (QED) is 0.790. The van der Waals surface area contributed by atoms with Crippen molar-refractivity contribution in [2.75, 3.05) is 5.73 Å². The molecule has 0 radical (unpaired) electrons. The molecule has 4 nitrogen and oxygen atoms in total. The van der Waals surface area contributed by atoms with E-state index in [2.05, 4.69) is 15.2 Å². The van der Waals surface area contributed by atoms with Crippen LogP contribution in [-0.2, 0) is 0 Å². The Hall–Kier alpha value is -1.26. The molecule has 0 amide bonds. The van der Waals surface area contributed by atoms with E-state index in [1.54, 1.807) is 18.6 Å². The van der Waals surface area contributed by atoms with E-state index in [1.165, 1.54) is 0 Å². The Morgan fingerprint density at radius 3 is 2.57 bits per heavy atom. The summed E-state index contributed by atoms with van der Waals surface area (Å²) in [5.74, 6) is 0. The molecule has 76 valence electrons. The molecule has 14 heavy (non-hydrogen) atoms. The van der Waals surface area contributed by atoms with Gasteiger partial charge in [0.05, 0.1) is 5.69 Å². The molecule has 6 heteroatoms. The number of H-pyrrole nitrogens is 1. The number of anilines is 1. The molecule has 0 aliphatic heterocycles. The summed E-state index contributed by atoms with van der Waals surface area (Å²) in [4.78, 5) is 3.97. The molecule has 0 fully saturated rings. The van der Waals surface area contributed by atoms with Crippen LogP contribution in [0.5, 0.6) is 0 Å². The van der Waals surface area contributed by atoms with Crippen LogP contribution in [0.2, 0.25) is 0 Å². The number of aromatic nitrogens is 3. The summed E-state index contributed by atoms with van der Waals surface area (Å²) in [5.41, 5.74) is 7.97. The van der Waals surface area contributed by atoms with Gasteiger partial charge in [-0.3, -0.25) is 10.1 Å². The van der Waals surface area contributed by atoms with Crippen molar-refractivity contribution in [2.45, 2.75) is 0 Å². The smallest absolute Gasteiger partial charge is 0.117 e. The number of hydrogen-bond acceptors (Lipinski definition) is 3. The third-order valence-corrected chi connectivity index (χ3v) is 1.60. The number of nitrogen functional groups attached to an aromatic ring is 1. The van der Waals surface area contributed by atoms with Gasteiger partial charge in [-0.15, -0.1) is 24.8 Å². The van der Waals surface area contributed by atoms with Gasteiger partial charge >= 0.3 is 0 Å². The number of nitrogens with zero attached hydrogens (tertiary/aromatic N) is 2. The number of hydrogen-bond donors (Lipinski definition) is 2. The fourth-order valence-corrected chi connectivity index (χ4v) is 1.03. The molecule has 2 aromatic heterocycles. The molecule has 3 N–H and O–H groups in total. The summed E-state index contributed by atoms with van der Waals surface area (Å²) in [6.07, 6.45) is 5.10. The van der Waals surface area contributed by atoms with Gasteiger partial charge in [-0.2, -0.15) is 5.10 Å². The lowest BCUT2D eigenvalue weighted by molar-refractivity contribution is 1.09. The van der Waals surface area contributed by atoms with Crippen LogP contribution in [0.3, 0.4) is 0 Å². The van der Waals surface area contributed by atoms with Crippen LogP contribution in [0.15, 0.2) is 30.7 Å². The van der Waals surface area contributed by atoms with Crippen molar-refractivity contribution in [2.24, 2.45) is 0 Å². The fourth-order valence-electron chi connectivity index (χ4n) is 1.03. The van der Waals surface area contributed by atoms with Crippen molar-refractivity contribution in [3.05, 3.63) is 30.7 Å². The molecule has 0 aromatic carbocycles. The Labute approximate surface area is 93.8 Å². The summed E-state index contributed by atoms with van der Waals surface area (Å²) in [7, 11) is 0. The highest BCUT2D eigenvalue weighted by molar-refractivity contribution is 5.85. The second-order valence-corrected chi connectivity index (χ2v) is 2.43. The highest BCUT2D eigenvalue weighted by atomic mass is 35.5. The average molecular weight is 233 g/mol. The highest BCUT2D eigenvalue weighted by Crippen LogP contribution is 2.20. The monoisotopic (exact) mass is 232 g/mol. The van der Waals surface area contributed by atoms with Crippen LogP contribution in [0, 0.1) is 0 Å². The van der Waals surface area contributed by atoms with Crippen molar-refractivity contribution < 1.29 is 0 Å². The Morgan fingerprint density at radius 2 is 2.07 bits per heavy atom. The zero-order valence-corrected chi connectivity index (χ0v) is 8.81. The zero-order valence-electron chi connectivity index (χ0n) is 7.18. The van der Waals surface area contributed by atoms with Crippen LogP contribution in [0.4, 0.5) is 5.69 Å². The number of rotatable bonds is 1. The number of halogens is 2. The van der Waals surface area contributed by atoms with Gasteiger partial charge in [-0.1, -0.05) is 0 Å². The van der Waals surface area contributed by atoms with E-state index in [1.807, 2.05) is 12.1 Å². The van der Waals surface area contributed by atoms with E-state index < -0.39 is 0 Å². The minimum atomic E-state index is 0. The Kier molecular flexibility index (Phi) is 4.97. The van der Waals surface area contributed by atoms with Gasteiger partial charge in [0.25, 0.3) is 0 Å². The SMILES string of the molecule is Cl.Cl.Nc1c[nH]nc1-c1cccnc1. The maximum Gasteiger partial charge on any atom is 0.117 e. The molecule has 0 atom stereocenters. The standard InChI is InChI=1S/C8H8N4.2ClH/c9-7-5-11-12-8(7)6-2-1-3-10-4-6;;/h1-5H,9H2,(H,11,12);2*1H. The van der Waals surface area contributed by atoms with Crippen LogP contribution in [-0.4, -0.2) is 15.2 Å². The summed E-state index contributed by atoms with van der Waals surface area (Å²) < 4.78 is 0. The minimum absolute atomic E-state index is 0. The predicted octanol–water partition coefficient (Wildman–Crippen LogP) is 1.90. The molecule has 2 rings (SSSR count). The van der Waals surface area contributed by atoms with Gasteiger partial charge in [0.15, 0.2) is 0 Å². The molecule has 2 heterocycles. The lowest BCUT2D eigenvalue weighted by Gasteiger charge is -1.94. The van der Waals surface area contributed by atoms with Crippen molar-refractivity contribution in [3.8, 4) is 11.3 Å². The molecule has 0 bridgehead atoms. The van der Waals surface area contributed by atoms with Crippen molar-refractivity contribution in [1.29, 1.82) is 0 Å². The number of aromatic amines is 1. The highest BCUT2D eigenvalue weighted by Gasteiger charge is 2.03. The molecular formula is C8H10Cl2N4. The van der Waals surface area contributed by atoms with Crippen molar-refractivity contribution >= 4 is 30.5 Å². The van der Waals surface area contributed by atoms with Crippen LogP contribution in [0.25, 0.3) is 11.3 Å². The molecule has 0 aliphatic carbocycles. The first kappa shape index (κ1) is 12.7. The fraction of sp³-hybridized carbons (Fsp3) is 0. The second-order valence-electron chi connectivity index (χ2n) is 2.43. The first-order chi connectivity index (χ1) is 5.88. The van der Waals surface area contributed by atoms with E-state index >= 15 is 0 Å². The average Bonchev–Trinajstić information content (AvgIpc) is 2.53. The van der Waals surface area contributed by atoms with Gasteiger partial charge in [0, 0.05) is 24.2 Å². The van der Waals surface area contributed by atoms with Crippen molar-refractivity contribution in [3.63, 3.8) is 0 Å². The van der Waals surface area contributed by atoms with E-state index in [-0.39, 0.29) is 24.8 Å². The topological polar surface area (TPSA) is 67.6 Å². The van der Waals surface area contributed by atoms with E-state index in [4.69, 9.17) is 5.73 Å². The Morgan fingerprint density at radius 1 is 1.29 bits per heavy atom. The number of nitrogens with one attached hydrogen (secondary N) is 1. The van der Waals surface area contributed by atoms with Gasteiger partial charge in [0.2, 0.25) is 0 Å². The molecule has 0 aliphatic rings. The lowest BCUT2D eigenvalue weighted by Crippen LogP contribution is -1.86. The first-order valence-corrected chi connectivity index (χ1v) is 3.57. The molecule has 0 saturated heterocycles. The minimum Gasteiger partial charge on any atom is -0.396 e. The molecular weight excluding hydrogens is 223 g/mol. The molecule has 2 aromatic rings. The summed E-state index contributed by atoms with van der Waals surface area (Å²) in [6, 6.07) is 3.77.